The Morgan fingerprint density at radius 1 is 0.750 bits per heavy atom. The Kier molecular flexibility index (Phi) is 9.74. The zero-order valence-corrected chi connectivity index (χ0v) is 14.8. The van der Waals surface area contributed by atoms with Crippen molar-refractivity contribution in [3.63, 3.8) is 0 Å². The molecule has 0 aliphatic carbocycles. The second-order valence-electron chi connectivity index (χ2n) is 7.52. The van der Waals surface area contributed by atoms with Crippen molar-refractivity contribution in [2.24, 2.45) is 22.8 Å². The second-order valence-corrected chi connectivity index (χ2v) is 7.52. The summed E-state index contributed by atoms with van der Waals surface area (Å²) in [4.78, 5) is 0. The molecule has 20 heavy (non-hydrogen) atoms. The Morgan fingerprint density at radius 3 is 1.55 bits per heavy atom. The average molecular weight is 285 g/mol. The minimum atomic E-state index is -0.592. The van der Waals surface area contributed by atoms with Crippen LogP contribution in [0.15, 0.2) is 0 Å². The molecule has 122 valence electrons. The molecule has 0 aliphatic heterocycles. The topological polar surface area (TPSA) is 52.0 Å². The Morgan fingerprint density at radius 2 is 1.15 bits per heavy atom. The summed E-state index contributed by atoms with van der Waals surface area (Å²) in [6.07, 6.45) is 13.7. The van der Waals surface area contributed by atoms with Gasteiger partial charge in [0.05, 0.1) is 5.66 Å². The van der Waals surface area contributed by atoms with E-state index in [2.05, 4.69) is 27.7 Å². The van der Waals surface area contributed by atoms with E-state index in [0.717, 1.165) is 0 Å². The van der Waals surface area contributed by atoms with Crippen LogP contribution < -0.4 is 11.5 Å². The monoisotopic (exact) mass is 284 g/mol. The van der Waals surface area contributed by atoms with Crippen LogP contribution in [0.3, 0.4) is 0 Å². The molecule has 0 aromatic heterocycles. The van der Waals surface area contributed by atoms with Crippen molar-refractivity contribution >= 4 is 0 Å². The lowest BCUT2D eigenvalue weighted by atomic mass is 9.69. The van der Waals surface area contributed by atoms with Crippen molar-refractivity contribution in [1.29, 1.82) is 0 Å². The van der Waals surface area contributed by atoms with E-state index in [9.17, 15) is 0 Å². The van der Waals surface area contributed by atoms with E-state index in [0.29, 0.717) is 5.92 Å². The molecule has 0 saturated heterocycles. The van der Waals surface area contributed by atoms with E-state index in [1.807, 2.05) is 6.92 Å². The lowest BCUT2D eigenvalue weighted by molar-refractivity contribution is 0.102. The maximum absolute atomic E-state index is 6.10. The van der Waals surface area contributed by atoms with Crippen LogP contribution in [0.4, 0.5) is 0 Å². The molecule has 0 aliphatic rings. The molecule has 2 nitrogen and oxygen atoms in total. The van der Waals surface area contributed by atoms with Crippen LogP contribution in [0.5, 0.6) is 0 Å². The van der Waals surface area contributed by atoms with Gasteiger partial charge in [-0.3, -0.25) is 0 Å². The fraction of sp³-hybridized carbons (Fsp3) is 1.00. The van der Waals surface area contributed by atoms with Crippen LogP contribution in [0, 0.1) is 11.3 Å². The van der Waals surface area contributed by atoms with E-state index in [-0.39, 0.29) is 5.41 Å². The highest BCUT2D eigenvalue weighted by Gasteiger charge is 2.38. The molecule has 0 heterocycles. The molecule has 0 aromatic rings. The highest BCUT2D eigenvalue weighted by atomic mass is 15.0. The Bertz CT molecular complexity index is 228. The van der Waals surface area contributed by atoms with Crippen LogP contribution >= 0.6 is 0 Å². The molecule has 0 spiro atoms. The molecule has 1 atom stereocenters. The summed E-state index contributed by atoms with van der Waals surface area (Å²) >= 11 is 0. The fourth-order valence-corrected chi connectivity index (χ4v) is 2.65. The maximum atomic E-state index is 6.10. The number of unbranched alkanes of at least 4 members (excludes halogenated alkanes) is 8. The van der Waals surface area contributed by atoms with Crippen LogP contribution in [0.2, 0.25) is 0 Å². The van der Waals surface area contributed by atoms with Crippen LogP contribution in [0.1, 0.15) is 98.8 Å². The first-order valence-corrected chi connectivity index (χ1v) is 8.81. The quantitative estimate of drug-likeness (QED) is 0.382. The summed E-state index contributed by atoms with van der Waals surface area (Å²) in [5, 5.41) is 0. The molecule has 2 heteroatoms. The summed E-state index contributed by atoms with van der Waals surface area (Å²) in [5.74, 6) is 0.576. The van der Waals surface area contributed by atoms with Gasteiger partial charge in [0.15, 0.2) is 0 Å². The van der Waals surface area contributed by atoms with E-state index in [1.165, 1.54) is 64.2 Å². The normalized spacial score (nSPS) is 14.6. The van der Waals surface area contributed by atoms with Gasteiger partial charge in [-0.2, -0.15) is 0 Å². The molecule has 4 N–H and O–H groups in total. The first-order chi connectivity index (χ1) is 9.23. The van der Waals surface area contributed by atoms with E-state index in [1.54, 1.807) is 0 Å². The predicted molar refractivity (Wildman–Crippen MR) is 91.6 cm³/mol. The van der Waals surface area contributed by atoms with Gasteiger partial charge in [0, 0.05) is 0 Å². The number of rotatable bonds is 12. The zero-order chi connectivity index (χ0) is 15.6. The van der Waals surface area contributed by atoms with Gasteiger partial charge >= 0.3 is 0 Å². The van der Waals surface area contributed by atoms with E-state index in [4.69, 9.17) is 11.5 Å². The van der Waals surface area contributed by atoms with Gasteiger partial charge < -0.3 is 11.5 Å². The molecule has 0 aromatic carbocycles. The minimum Gasteiger partial charge on any atom is -0.313 e. The van der Waals surface area contributed by atoms with Gasteiger partial charge in [-0.15, -0.1) is 0 Å². The molecular formula is C18H40N2. The molecular weight excluding hydrogens is 244 g/mol. The zero-order valence-electron chi connectivity index (χ0n) is 14.8. The first-order valence-electron chi connectivity index (χ1n) is 8.81. The standard InChI is InChI=1S/C18H40N2/c1-6-7-8-9-10-11-12-13-14-15-16(2)17(3,4)18(5,19)20/h16H,6-15,19-20H2,1-5H3. The molecule has 1 unspecified atom stereocenters. The third-order valence-corrected chi connectivity index (χ3v) is 5.36. The van der Waals surface area contributed by atoms with Gasteiger partial charge in [-0.1, -0.05) is 91.9 Å². The van der Waals surface area contributed by atoms with Gasteiger partial charge in [-0.05, 0) is 18.3 Å². The SMILES string of the molecule is CCCCCCCCCCCC(C)C(C)(C)C(C)(N)N. The molecule has 0 radical (unpaired) electrons. The van der Waals surface area contributed by atoms with Crippen molar-refractivity contribution in [2.75, 3.05) is 0 Å². The Labute approximate surface area is 128 Å². The number of hydrogen-bond donors (Lipinski definition) is 2. The van der Waals surface area contributed by atoms with Crippen molar-refractivity contribution in [2.45, 2.75) is 104 Å². The van der Waals surface area contributed by atoms with Gasteiger partial charge in [0.2, 0.25) is 0 Å². The van der Waals surface area contributed by atoms with E-state index < -0.39 is 5.66 Å². The third kappa shape index (κ3) is 7.64. The van der Waals surface area contributed by atoms with Gasteiger partial charge in [-0.25, -0.2) is 0 Å². The summed E-state index contributed by atoms with van der Waals surface area (Å²) in [7, 11) is 0. The largest absolute Gasteiger partial charge is 0.313 e. The Hall–Kier alpha value is -0.0800. The highest BCUT2D eigenvalue weighted by Crippen LogP contribution is 2.36. The van der Waals surface area contributed by atoms with Crippen molar-refractivity contribution in [3.8, 4) is 0 Å². The van der Waals surface area contributed by atoms with Crippen molar-refractivity contribution < 1.29 is 0 Å². The molecule has 0 rings (SSSR count). The predicted octanol–water partition coefficient (Wildman–Crippen LogP) is 5.20. The van der Waals surface area contributed by atoms with Gasteiger partial charge in [0.1, 0.15) is 0 Å². The third-order valence-electron chi connectivity index (χ3n) is 5.36. The fourth-order valence-electron chi connectivity index (χ4n) is 2.65. The summed E-state index contributed by atoms with van der Waals surface area (Å²) in [6.45, 7) is 10.9. The summed E-state index contributed by atoms with van der Waals surface area (Å²) < 4.78 is 0. The van der Waals surface area contributed by atoms with E-state index >= 15 is 0 Å². The lowest BCUT2D eigenvalue weighted by Crippen LogP contribution is -2.60. The molecule has 0 amide bonds. The summed E-state index contributed by atoms with van der Waals surface area (Å²) in [6, 6.07) is 0. The van der Waals surface area contributed by atoms with Crippen LogP contribution in [-0.2, 0) is 0 Å². The molecule has 0 saturated carbocycles. The van der Waals surface area contributed by atoms with Crippen molar-refractivity contribution in [3.05, 3.63) is 0 Å². The van der Waals surface area contributed by atoms with Crippen LogP contribution in [0.25, 0.3) is 0 Å². The minimum absolute atomic E-state index is 0.00679. The van der Waals surface area contributed by atoms with Gasteiger partial charge in [0.25, 0.3) is 0 Å². The highest BCUT2D eigenvalue weighted by molar-refractivity contribution is 4.92. The maximum Gasteiger partial charge on any atom is 0.0662 e. The Balaban J connectivity index is 3.60. The number of nitrogens with two attached hydrogens (primary N) is 2. The second kappa shape index (κ2) is 9.78. The van der Waals surface area contributed by atoms with Crippen molar-refractivity contribution in [1.82, 2.24) is 0 Å². The summed E-state index contributed by atoms with van der Waals surface area (Å²) in [5.41, 5.74) is 11.6. The average Bonchev–Trinajstić information content (AvgIpc) is 2.35. The molecule has 0 fully saturated rings. The molecule has 0 bridgehead atoms. The first kappa shape index (κ1) is 19.9. The van der Waals surface area contributed by atoms with Crippen LogP contribution in [-0.4, -0.2) is 5.66 Å². The lowest BCUT2D eigenvalue weighted by Gasteiger charge is -2.43. The smallest absolute Gasteiger partial charge is 0.0662 e. The number of hydrogen-bond acceptors (Lipinski definition) is 2.